The van der Waals surface area contributed by atoms with Crippen molar-refractivity contribution >= 4 is 15.9 Å². The predicted molar refractivity (Wildman–Crippen MR) is 31.0 cm³/mol. The minimum Gasteiger partial charge on any atom is -1.00 e. The van der Waals surface area contributed by atoms with E-state index < -0.39 is 6.03 Å². The summed E-state index contributed by atoms with van der Waals surface area (Å²) in [5, 5.41) is 0. The number of carbonyl (C=O) groups excluding carboxylic acids is 1. The molecule has 6 heteroatoms. The van der Waals surface area contributed by atoms with Gasteiger partial charge in [0.15, 0.2) is 0 Å². The minimum atomic E-state index is -0.833. The van der Waals surface area contributed by atoms with Crippen LogP contribution in [0.15, 0.2) is 0 Å². The van der Waals surface area contributed by atoms with Crippen molar-refractivity contribution in [1.29, 1.82) is 0 Å². The smallest absolute Gasteiger partial charge is 1.00 e. The van der Waals surface area contributed by atoms with Crippen LogP contribution in [0.3, 0.4) is 0 Å². The van der Waals surface area contributed by atoms with Crippen LogP contribution in [0, 0.1) is 0 Å². The molecule has 0 aliphatic rings. The topological polar surface area (TPSA) is 104 Å². The van der Waals surface area contributed by atoms with Crippen LogP contribution in [0.2, 0.25) is 0 Å². The van der Waals surface area contributed by atoms with E-state index >= 15 is 0 Å². The van der Waals surface area contributed by atoms with Gasteiger partial charge in [-0.3, -0.25) is 0 Å². The number of amides is 2. The third kappa shape index (κ3) is 122. The van der Waals surface area contributed by atoms with Gasteiger partial charge in [0.05, 0.1) is 0 Å². The van der Waals surface area contributed by atoms with E-state index in [0.717, 1.165) is 0 Å². The van der Waals surface area contributed by atoms with Gasteiger partial charge in [0, 0.05) is 0 Å². The molecule has 1 atom stereocenters. The van der Waals surface area contributed by atoms with Gasteiger partial charge in [-0.25, -0.2) is 4.79 Å². The summed E-state index contributed by atoms with van der Waals surface area (Å²) in [5.41, 5.74) is 8.50. The fourth-order valence-electron chi connectivity index (χ4n) is 0. The first-order valence-corrected chi connectivity index (χ1v) is 0.781. The number of carbonyl (C=O) groups is 1. The maximum absolute atomic E-state index is 9.00. The van der Waals surface area contributed by atoms with Crippen molar-refractivity contribution in [3.63, 3.8) is 0 Å². The second-order valence-corrected chi connectivity index (χ2v) is 0.402. The Morgan fingerprint density at radius 1 is 1.43 bits per heavy atom. The minimum absolute atomic E-state index is 0. The molecule has 0 heterocycles. The zero-order valence-electron chi connectivity index (χ0n) is 5.48. The van der Waals surface area contributed by atoms with E-state index in [1.54, 1.807) is 0 Å². The molecule has 0 rings (SSSR count). The summed E-state index contributed by atoms with van der Waals surface area (Å²) in [6.07, 6.45) is 0. The van der Waals surface area contributed by atoms with Crippen LogP contribution in [-0.4, -0.2) is 6.03 Å². The van der Waals surface area contributed by atoms with Crippen LogP contribution in [-0.2, 0) is 0 Å². The summed E-state index contributed by atoms with van der Waals surface area (Å²) >= 11 is 0. The van der Waals surface area contributed by atoms with Crippen LogP contribution in [0.5, 0.6) is 0 Å². The summed E-state index contributed by atoms with van der Waals surface area (Å²) in [4.78, 5) is 9.00. The Morgan fingerprint density at radius 2 is 1.43 bits per heavy atom. The largest absolute Gasteiger partial charge is 1.00 e. The van der Waals surface area contributed by atoms with E-state index in [9.17, 15) is 0 Å². The molecular formula is CH11KN3OP. The van der Waals surface area contributed by atoms with Gasteiger partial charge in [-0.1, -0.05) is 0 Å². The first-order valence-electron chi connectivity index (χ1n) is 0.781. The molecule has 2 amide bonds. The molecule has 42 valence electrons. The van der Waals surface area contributed by atoms with E-state index in [-0.39, 0.29) is 68.9 Å². The van der Waals surface area contributed by atoms with E-state index in [4.69, 9.17) is 4.79 Å². The van der Waals surface area contributed by atoms with Gasteiger partial charge in [0.25, 0.3) is 0 Å². The third-order valence-corrected chi connectivity index (χ3v) is 0. The fraction of sp³-hybridized carbons (Fsp3) is 0. The van der Waals surface area contributed by atoms with Crippen molar-refractivity contribution < 1.29 is 57.6 Å². The Bertz CT molecular complexity index is 42.3. The van der Waals surface area contributed by atoms with Gasteiger partial charge in [0.2, 0.25) is 0 Å². The summed E-state index contributed by atoms with van der Waals surface area (Å²) in [6.45, 7) is 0. The Hall–Kier alpha value is 1.30. The van der Waals surface area contributed by atoms with Crippen LogP contribution in [0.4, 0.5) is 4.79 Å². The molecule has 0 saturated heterocycles. The number of rotatable bonds is 0. The van der Waals surface area contributed by atoms with Crippen LogP contribution < -0.4 is 69.0 Å². The number of hydrogen-bond donors (Lipinski definition) is 3. The number of hydrogen-bond acceptors (Lipinski definition) is 2. The second kappa shape index (κ2) is 15.7. The van der Waals surface area contributed by atoms with Crippen molar-refractivity contribution in [2.45, 2.75) is 0 Å². The van der Waals surface area contributed by atoms with Gasteiger partial charge in [-0.15, -0.1) is 0 Å². The van der Waals surface area contributed by atoms with Crippen LogP contribution in [0.1, 0.15) is 1.43 Å². The molecule has 1 unspecified atom stereocenters. The molecule has 0 fully saturated rings. The third-order valence-electron chi connectivity index (χ3n) is 0. The first-order chi connectivity index (χ1) is 1.73. The van der Waals surface area contributed by atoms with Crippen molar-refractivity contribution in [2.24, 2.45) is 11.5 Å². The van der Waals surface area contributed by atoms with E-state index in [1.807, 2.05) is 0 Å². The monoisotopic (exact) mass is 151 g/mol. The van der Waals surface area contributed by atoms with Gasteiger partial charge in [0.1, 0.15) is 0 Å². The molecule has 0 aromatic heterocycles. The Morgan fingerprint density at radius 3 is 1.43 bits per heavy atom. The first kappa shape index (κ1) is 23.9. The fourth-order valence-corrected chi connectivity index (χ4v) is 0. The van der Waals surface area contributed by atoms with E-state index in [0.29, 0.717) is 0 Å². The van der Waals surface area contributed by atoms with Gasteiger partial charge in [-0.2, -0.15) is 9.90 Å². The number of primary amides is 2. The van der Waals surface area contributed by atoms with E-state index in [2.05, 4.69) is 11.5 Å². The van der Waals surface area contributed by atoms with Crippen LogP contribution in [0.25, 0.3) is 0 Å². The number of nitrogens with two attached hydrogens (primary N) is 2. The molecule has 0 bridgehead atoms. The summed E-state index contributed by atoms with van der Waals surface area (Å²) in [5.74, 6) is 0. The molecular weight excluding hydrogens is 140 g/mol. The average Bonchev–Trinajstić information content (AvgIpc) is 0.811. The normalized spacial score (nSPS) is 3.43. The zero-order valence-corrected chi connectivity index (χ0v) is 9.01. The molecule has 0 aromatic rings. The molecule has 7 heavy (non-hydrogen) atoms. The molecule has 0 spiro atoms. The van der Waals surface area contributed by atoms with Gasteiger partial charge < -0.3 is 19.0 Å². The summed E-state index contributed by atoms with van der Waals surface area (Å²) in [7, 11) is 0. The van der Waals surface area contributed by atoms with E-state index in [1.165, 1.54) is 0 Å². The molecule has 4 nitrogen and oxygen atoms in total. The van der Waals surface area contributed by atoms with Crippen molar-refractivity contribution in [3.05, 3.63) is 0 Å². The Kier molecular flexibility index (Phi) is 53.6. The Balaban J connectivity index is -0.00000000750. The zero-order chi connectivity index (χ0) is 3.58. The maximum Gasteiger partial charge on any atom is 1.00 e. The molecule has 0 aliphatic heterocycles. The average molecular weight is 151 g/mol. The molecule has 0 aromatic carbocycles. The van der Waals surface area contributed by atoms with Gasteiger partial charge >= 0.3 is 57.4 Å². The molecule has 0 radical (unpaired) electrons. The maximum atomic E-state index is 9.00. The summed E-state index contributed by atoms with van der Waals surface area (Å²) in [6, 6.07) is -0.833. The molecule has 7 N–H and O–H groups in total. The quantitative estimate of drug-likeness (QED) is 0.245. The Labute approximate surface area is 89.9 Å². The molecule has 0 aliphatic carbocycles. The van der Waals surface area contributed by atoms with Crippen molar-refractivity contribution in [1.82, 2.24) is 6.15 Å². The second-order valence-electron chi connectivity index (χ2n) is 0.402. The van der Waals surface area contributed by atoms with Gasteiger partial charge in [-0.05, 0) is 0 Å². The standard InChI is InChI=1S/CH4N2O.K.H3N.H3P.H/c2-1(3)4;;;;/h(H4,2,3,4);;2*1H3;/q;+1;;;-1. The molecule has 0 saturated carbocycles. The van der Waals surface area contributed by atoms with Crippen LogP contribution >= 0.6 is 9.90 Å². The van der Waals surface area contributed by atoms with Crippen molar-refractivity contribution in [2.75, 3.05) is 0 Å². The van der Waals surface area contributed by atoms with Crippen molar-refractivity contribution in [3.8, 4) is 0 Å². The summed E-state index contributed by atoms with van der Waals surface area (Å²) < 4.78 is 0. The predicted octanol–water partition coefficient (Wildman–Crippen LogP) is -3.64. The SMILES string of the molecule is N.NC(N)=O.P.[H-].[K+]. The number of urea groups is 1.